The van der Waals surface area contributed by atoms with Crippen molar-refractivity contribution in [3.8, 4) is 0 Å². The Morgan fingerprint density at radius 1 is 1.19 bits per heavy atom. The first-order chi connectivity index (χ1) is 10.2. The third-order valence-corrected chi connectivity index (χ3v) is 4.25. The van der Waals surface area contributed by atoms with Gasteiger partial charge in [-0.15, -0.1) is 0 Å². The number of amides is 1. The average Bonchev–Trinajstić information content (AvgIpc) is 2.55. The minimum atomic E-state index is 0.266. The Kier molecular flexibility index (Phi) is 6.21. The van der Waals surface area contributed by atoms with Crippen molar-refractivity contribution >= 4 is 5.91 Å². The number of carbonyl (C=O) groups excluding carboxylic acids is 1. The first-order valence-electron chi connectivity index (χ1n) is 8.01. The van der Waals surface area contributed by atoms with Crippen molar-refractivity contribution in [2.75, 3.05) is 26.2 Å². The zero-order valence-electron chi connectivity index (χ0n) is 13.1. The lowest BCUT2D eigenvalue weighted by molar-refractivity contribution is -0.133. The van der Waals surface area contributed by atoms with E-state index < -0.39 is 0 Å². The van der Waals surface area contributed by atoms with Crippen LogP contribution in [-0.2, 0) is 17.9 Å². The van der Waals surface area contributed by atoms with Gasteiger partial charge in [-0.3, -0.25) is 9.69 Å². The number of piperidine rings is 1. The molecule has 2 N–H and O–H groups in total. The summed E-state index contributed by atoms with van der Waals surface area (Å²) in [4.78, 5) is 16.6. The van der Waals surface area contributed by atoms with Crippen LogP contribution in [0.2, 0.25) is 0 Å². The van der Waals surface area contributed by atoms with Crippen molar-refractivity contribution < 1.29 is 4.79 Å². The summed E-state index contributed by atoms with van der Waals surface area (Å²) in [5, 5.41) is 0. The summed E-state index contributed by atoms with van der Waals surface area (Å²) < 4.78 is 0. The van der Waals surface area contributed by atoms with E-state index in [1.807, 2.05) is 17.0 Å². The molecule has 0 unspecified atom stereocenters. The summed E-state index contributed by atoms with van der Waals surface area (Å²) in [6, 6.07) is 8.22. The second-order valence-corrected chi connectivity index (χ2v) is 5.72. The number of benzene rings is 1. The number of rotatable bonds is 6. The predicted octanol–water partition coefficient (Wildman–Crippen LogP) is 1.98. The number of nitrogens with zero attached hydrogens (tertiary/aromatic N) is 2. The largest absolute Gasteiger partial charge is 0.342 e. The van der Waals surface area contributed by atoms with E-state index in [0.29, 0.717) is 13.1 Å². The second kappa shape index (κ2) is 8.15. The van der Waals surface area contributed by atoms with Gasteiger partial charge in [0.2, 0.25) is 5.91 Å². The van der Waals surface area contributed by atoms with Crippen molar-refractivity contribution in [2.24, 2.45) is 5.73 Å². The van der Waals surface area contributed by atoms with E-state index >= 15 is 0 Å². The van der Waals surface area contributed by atoms with Gasteiger partial charge in [0.15, 0.2) is 0 Å². The van der Waals surface area contributed by atoms with E-state index in [9.17, 15) is 4.79 Å². The predicted molar refractivity (Wildman–Crippen MR) is 85.7 cm³/mol. The Morgan fingerprint density at radius 3 is 2.48 bits per heavy atom. The van der Waals surface area contributed by atoms with Crippen molar-refractivity contribution in [1.29, 1.82) is 0 Å². The quantitative estimate of drug-likeness (QED) is 0.871. The Labute approximate surface area is 127 Å². The van der Waals surface area contributed by atoms with Gasteiger partial charge >= 0.3 is 0 Å². The van der Waals surface area contributed by atoms with Crippen LogP contribution in [0.3, 0.4) is 0 Å². The molecule has 1 heterocycles. The fourth-order valence-electron chi connectivity index (χ4n) is 2.87. The Morgan fingerprint density at radius 2 is 1.86 bits per heavy atom. The molecule has 1 aliphatic rings. The molecule has 1 amide bonds. The molecule has 0 saturated carbocycles. The van der Waals surface area contributed by atoms with Crippen LogP contribution in [0.4, 0.5) is 0 Å². The van der Waals surface area contributed by atoms with Gasteiger partial charge in [-0.05, 0) is 36.9 Å². The third-order valence-electron chi connectivity index (χ3n) is 4.25. The topological polar surface area (TPSA) is 49.6 Å². The van der Waals surface area contributed by atoms with Gasteiger partial charge in [-0.1, -0.05) is 31.2 Å². The lowest BCUT2D eigenvalue weighted by Crippen LogP contribution is -2.42. The van der Waals surface area contributed by atoms with E-state index in [0.717, 1.165) is 39.0 Å². The van der Waals surface area contributed by atoms with Crippen LogP contribution in [0.25, 0.3) is 0 Å². The molecule has 116 valence electrons. The van der Waals surface area contributed by atoms with Crippen molar-refractivity contribution in [2.45, 2.75) is 39.3 Å². The van der Waals surface area contributed by atoms with Crippen LogP contribution in [-0.4, -0.2) is 41.9 Å². The molecule has 1 aliphatic heterocycles. The molecule has 2 rings (SSSR count). The van der Waals surface area contributed by atoms with E-state index in [1.54, 1.807) is 0 Å². The maximum atomic E-state index is 12.4. The minimum absolute atomic E-state index is 0.266. The number of carbonyl (C=O) groups is 1. The van der Waals surface area contributed by atoms with Gasteiger partial charge in [-0.2, -0.15) is 0 Å². The molecule has 0 radical (unpaired) electrons. The summed E-state index contributed by atoms with van der Waals surface area (Å²) in [7, 11) is 0. The lowest BCUT2D eigenvalue weighted by atomic mass is 10.1. The van der Waals surface area contributed by atoms with Crippen LogP contribution in [0.15, 0.2) is 24.3 Å². The number of hydrogen-bond donors (Lipinski definition) is 1. The maximum Gasteiger partial charge on any atom is 0.236 e. The van der Waals surface area contributed by atoms with Gasteiger partial charge in [0.05, 0.1) is 6.54 Å². The molecule has 4 nitrogen and oxygen atoms in total. The Bertz CT molecular complexity index is 455. The van der Waals surface area contributed by atoms with Crippen LogP contribution in [0.1, 0.15) is 37.3 Å². The van der Waals surface area contributed by atoms with Gasteiger partial charge < -0.3 is 10.6 Å². The zero-order chi connectivity index (χ0) is 15.1. The van der Waals surface area contributed by atoms with Crippen LogP contribution >= 0.6 is 0 Å². The van der Waals surface area contributed by atoms with Gasteiger partial charge in [0.25, 0.3) is 0 Å². The molecule has 0 spiro atoms. The summed E-state index contributed by atoms with van der Waals surface area (Å²) in [6.07, 6.45) is 3.55. The van der Waals surface area contributed by atoms with Crippen LogP contribution < -0.4 is 5.73 Å². The van der Waals surface area contributed by atoms with E-state index in [2.05, 4.69) is 24.0 Å². The molecule has 1 aromatic rings. The molecule has 0 aromatic heterocycles. The third kappa shape index (κ3) is 4.55. The number of likely N-dealkylation sites (N-methyl/N-ethyl adjacent to an activating group) is 1. The van der Waals surface area contributed by atoms with Gasteiger partial charge in [-0.25, -0.2) is 0 Å². The summed E-state index contributed by atoms with van der Waals surface area (Å²) >= 11 is 0. The van der Waals surface area contributed by atoms with Crippen molar-refractivity contribution in [3.05, 3.63) is 35.4 Å². The highest BCUT2D eigenvalue weighted by molar-refractivity contribution is 5.78. The normalized spacial score (nSPS) is 15.5. The molecular formula is C17H27N3O. The number of likely N-dealkylation sites (tertiary alicyclic amines) is 1. The van der Waals surface area contributed by atoms with Crippen LogP contribution in [0, 0.1) is 0 Å². The summed E-state index contributed by atoms with van der Waals surface area (Å²) in [6.45, 7) is 6.69. The van der Waals surface area contributed by atoms with Crippen LogP contribution in [0.5, 0.6) is 0 Å². The standard InChI is InChI=1S/C17H27N3O/c1-2-19(13-16-9-5-4-8-15(16)12-18)14-17(21)20-10-6-3-7-11-20/h4-5,8-9H,2-3,6-7,10-14,18H2,1H3. The molecule has 4 heteroatoms. The minimum Gasteiger partial charge on any atom is -0.342 e. The monoisotopic (exact) mass is 289 g/mol. The fourth-order valence-corrected chi connectivity index (χ4v) is 2.87. The molecule has 21 heavy (non-hydrogen) atoms. The lowest BCUT2D eigenvalue weighted by Gasteiger charge is -2.29. The Hall–Kier alpha value is -1.39. The van der Waals surface area contributed by atoms with Gasteiger partial charge in [0, 0.05) is 26.2 Å². The number of nitrogens with two attached hydrogens (primary N) is 1. The van der Waals surface area contributed by atoms with E-state index in [-0.39, 0.29) is 5.91 Å². The average molecular weight is 289 g/mol. The SMILES string of the molecule is CCN(CC(=O)N1CCCCC1)Cc1ccccc1CN. The molecule has 0 aliphatic carbocycles. The van der Waals surface area contributed by atoms with E-state index in [1.165, 1.54) is 17.5 Å². The number of hydrogen-bond acceptors (Lipinski definition) is 3. The molecule has 0 bridgehead atoms. The Balaban J connectivity index is 1.94. The molecule has 1 aromatic carbocycles. The van der Waals surface area contributed by atoms with Crippen molar-refractivity contribution in [3.63, 3.8) is 0 Å². The first-order valence-corrected chi connectivity index (χ1v) is 8.01. The molecule has 1 fully saturated rings. The van der Waals surface area contributed by atoms with Crippen molar-refractivity contribution in [1.82, 2.24) is 9.80 Å². The highest BCUT2D eigenvalue weighted by Crippen LogP contribution is 2.13. The molecular weight excluding hydrogens is 262 g/mol. The maximum absolute atomic E-state index is 12.4. The smallest absolute Gasteiger partial charge is 0.236 e. The summed E-state index contributed by atoms with van der Waals surface area (Å²) in [5.41, 5.74) is 8.19. The first kappa shape index (κ1) is 16.0. The van der Waals surface area contributed by atoms with E-state index in [4.69, 9.17) is 5.73 Å². The highest BCUT2D eigenvalue weighted by Gasteiger charge is 2.19. The van der Waals surface area contributed by atoms with Gasteiger partial charge in [0.1, 0.15) is 0 Å². The summed E-state index contributed by atoms with van der Waals surface area (Å²) in [5.74, 6) is 0.266. The fraction of sp³-hybridized carbons (Fsp3) is 0.588. The second-order valence-electron chi connectivity index (χ2n) is 5.72. The zero-order valence-corrected chi connectivity index (χ0v) is 13.1. The molecule has 0 atom stereocenters. The highest BCUT2D eigenvalue weighted by atomic mass is 16.2. The molecule has 1 saturated heterocycles.